The molecular formula is C8H10N6. The lowest BCUT2D eigenvalue weighted by Crippen LogP contribution is -2.26. The molecule has 0 bridgehead atoms. The van der Waals surface area contributed by atoms with Gasteiger partial charge in [-0.3, -0.25) is 0 Å². The molecule has 0 saturated heterocycles. The van der Waals surface area contributed by atoms with Crippen molar-refractivity contribution in [2.24, 2.45) is 0 Å². The second-order valence-corrected chi connectivity index (χ2v) is 2.61. The maximum atomic E-state index is 8.45. The van der Waals surface area contributed by atoms with Gasteiger partial charge in [0.05, 0.1) is 25.0 Å². The number of hydrogen-bond acceptors (Lipinski definition) is 5. The zero-order chi connectivity index (χ0) is 10.2. The molecule has 0 unspecified atom stereocenters. The van der Waals surface area contributed by atoms with Crippen molar-refractivity contribution in [3.05, 3.63) is 6.33 Å². The van der Waals surface area contributed by atoms with Gasteiger partial charge in [0.25, 0.3) is 0 Å². The molecular weight excluding hydrogens is 180 g/mol. The molecule has 0 aromatic carbocycles. The van der Waals surface area contributed by atoms with Gasteiger partial charge in [-0.2, -0.15) is 20.6 Å². The summed E-state index contributed by atoms with van der Waals surface area (Å²) in [5.74, 6) is 0.607. The number of nitrogens with zero attached hydrogens (tertiary/aromatic N) is 5. The largest absolute Gasteiger partial charge is 0.339 e. The van der Waals surface area contributed by atoms with E-state index in [1.54, 1.807) is 0 Å². The lowest BCUT2D eigenvalue weighted by atomic mass is 10.3. The second-order valence-electron chi connectivity index (χ2n) is 2.61. The van der Waals surface area contributed by atoms with Crippen LogP contribution in [0.1, 0.15) is 12.8 Å². The molecule has 6 heteroatoms. The predicted molar refractivity (Wildman–Crippen MR) is 49.1 cm³/mol. The minimum absolute atomic E-state index is 0.409. The average molecular weight is 190 g/mol. The zero-order valence-electron chi connectivity index (χ0n) is 7.64. The molecule has 1 N–H and O–H groups in total. The van der Waals surface area contributed by atoms with Crippen LogP contribution in [-0.4, -0.2) is 28.3 Å². The van der Waals surface area contributed by atoms with Crippen LogP contribution in [0.3, 0.4) is 0 Å². The summed E-state index contributed by atoms with van der Waals surface area (Å²) in [7, 11) is 0. The summed E-state index contributed by atoms with van der Waals surface area (Å²) in [4.78, 5) is 5.80. The Morgan fingerprint density at radius 3 is 2.36 bits per heavy atom. The molecule has 72 valence electrons. The van der Waals surface area contributed by atoms with E-state index in [2.05, 4.69) is 15.2 Å². The van der Waals surface area contributed by atoms with Crippen LogP contribution in [0.15, 0.2) is 6.33 Å². The van der Waals surface area contributed by atoms with Crippen LogP contribution in [0.25, 0.3) is 0 Å². The molecule has 0 atom stereocenters. The highest BCUT2D eigenvalue weighted by Gasteiger charge is 2.07. The Hall–Kier alpha value is -2.08. The van der Waals surface area contributed by atoms with E-state index in [1.807, 2.05) is 17.0 Å². The lowest BCUT2D eigenvalue weighted by Gasteiger charge is -2.18. The Labute approximate surface area is 81.8 Å². The van der Waals surface area contributed by atoms with Gasteiger partial charge in [0.1, 0.15) is 6.33 Å². The van der Waals surface area contributed by atoms with Gasteiger partial charge in [-0.25, -0.2) is 5.10 Å². The van der Waals surface area contributed by atoms with Crippen molar-refractivity contribution in [3.63, 3.8) is 0 Å². The molecule has 0 spiro atoms. The smallest absolute Gasteiger partial charge is 0.221 e. The molecule has 0 radical (unpaired) electrons. The molecule has 6 nitrogen and oxygen atoms in total. The highest BCUT2D eigenvalue weighted by molar-refractivity contribution is 5.27. The summed E-state index contributed by atoms with van der Waals surface area (Å²) in [6.45, 7) is 1.13. The molecule has 1 aromatic rings. The topological polar surface area (TPSA) is 92.4 Å². The van der Waals surface area contributed by atoms with E-state index in [-0.39, 0.29) is 0 Å². The van der Waals surface area contributed by atoms with Crippen molar-refractivity contribution in [1.82, 2.24) is 15.2 Å². The number of rotatable bonds is 5. The monoisotopic (exact) mass is 190 g/mol. The SMILES string of the molecule is N#CCCN(CCC#N)c1ncn[nH]1. The third kappa shape index (κ3) is 2.76. The van der Waals surface area contributed by atoms with Gasteiger partial charge in [-0.15, -0.1) is 0 Å². The number of hydrogen-bond donors (Lipinski definition) is 1. The van der Waals surface area contributed by atoms with Crippen molar-refractivity contribution in [2.45, 2.75) is 12.8 Å². The summed E-state index contributed by atoms with van der Waals surface area (Å²) in [5, 5.41) is 23.3. The number of H-pyrrole nitrogens is 1. The van der Waals surface area contributed by atoms with Gasteiger partial charge in [-0.05, 0) is 0 Å². The zero-order valence-corrected chi connectivity index (χ0v) is 7.64. The number of anilines is 1. The van der Waals surface area contributed by atoms with E-state index in [0.29, 0.717) is 31.9 Å². The van der Waals surface area contributed by atoms with Gasteiger partial charge in [0.2, 0.25) is 5.95 Å². The van der Waals surface area contributed by atoms with Crippen LogP contribution in [0, 0.1) is 22.7 Å². The first-order valence-corrected chi connectivity index (χ1v) is 4.22. The summed E-state index contributed by atoms with van der Waals surface area (Å²) < 4.78 is 0. The second kappa shape index (κ2) is 5.55. The third-order valence-corrected chi connectivity index (χ3v) is 1.69. The molecule has 1 aromatic heterocycles. The quantitative estimate of drug-likeness (QED) is 0.727. The van der Waals surface area contributed by atoms with Gasteiger partial charge in [0, 0.05) is 13.1 Å². The van der Waals surface area contributed by atoms with Gasteiger partial charge >= 0.3 is 0 Å². The number of nitrogens with one attached hydrogen (secondary N) is 1. The van der Waals surface area contributed by atoms with Crippen LogP contribution in [0.2, 0.25) is 0 Å². The van der Waals surface area contributed by atoms with Gasteiger partial charge < -0.3 is 4.90 Å². The summed E-state index contributed by atoms with van der Waals surface area (Å²) in [6.07, 6.45) is 2.22. The van der Waals surface area contributed by atoms with Crippen LogP contribution in [0.4, 0.5) is 5.95 Å². The molecule has 14 heavy (non-hydrogen) atoms. The maximum Gasteiger partial charge on any atom is 0.221 e. The summed E-state index contributed by atoms with van der Waals surface area (Å²) >= 11 is 0. The molecule has 1 rings (SSSR count). The Kier molecular flexibility index (Phi) is 3.96. The normalized spacial score (nSPS) is 9.00. The number of nitriles is 2. The van der Waals surface area contributed by atoms with Crippen molar-refractivity contribution in [2.75, 3.05) is 18.0 Å². The Morgan fingerprint density at radius 2 is 1.93 bits per heavy atom. The van der Waals surface area contributed by atoms with E-state index in [1.165, 1.54) is 6.33 Å². The minimum Gasteiger partial charge on any atom is -0.339 e. The number of aromatic nitrogens is 3. The van der Waals surface area contributed by atoms with E-state index in [4.69, 9.17) is 10.5 Å². The first-order chi connectivity index (χ1) is 6.88. The molecule has 0 aliphatic rings. The van der Waals surface area contributed by atoms with Gasteiger partial charge in [0.15, 0.2) is 0 Å². The fourth-order valence-electron chi connectivity index (χ4n) is 1.04. The lowest BCUT2D eigenvalue weighted by molar-refractivity contribution is 0.767. The van der Waals surface area contributed by atoms with Crippen LogP contribution >= 0.6 is 0 Å². The summed E-state index contributed by atoms with van der Waals surface area (Å²) in [5.41, 5.74) is 0. The predicted octanol–water partition coefficient (Wildman–Crippen LogP) is 0.438. The van der Waals surface area contributed by atoms with E-state index in [0.717, 1.165) is 0 Å². The average Bonchev–Trinajstić information content (AvgIpc) is 2.71. The molecule has 0 aliphatic carbocycles. The Balaban J connectivity index is 2.54. The Morgan fingerprint density at radius 1 is 1.29 bits per heavy atom. The first-order valence-electron chi connectivity index (χ1n) is 4.22. The van der Waals surface area contributed by atoms with E-state index >= 15 is 0 Å². The van der Waals surface area contributed by atoms with Crippen molar-refractivity contribution < 1.29 is 0 Å². The molecule has 0 aliphatic heterocycles. The van der Waals surface area contributed by atoms with Crippen molar-refractivity contribution >= 4 is 5.95 Å². The van der Waals surface area contributed by atoms with Crippen molar-refractivity contribution in [1.29, 1.82) is 10.5 Å². The molecule has 0 amide bonds. The fourth-order valence-corrected chi connectivity index (χ4v) is 1.04. The van der Waals surface area contributed by atoms with Crippen LogP contribution in [0.5, 0.6) is 0 Å². The van der Waals surface area contributed by atoms with Crippen LogP contribution in [-0.2, 0) is 0 Å². The van der Waals surface area contributed by atoms with E-state index in [9.17, 15) is 0 Å². The molecule has 0 saturated carbocycles. The van der Waals surface area contributed by atoms with Gasteiger partial charge in [-0.1, -0.05) is 0 Å². The third-order valence-electron chi connectivity index (χ3n) is 1.69. The van der Waals surface area contributed by atoms with E-state index < -0.39 is 0 Å². The van der Waals surface area contributed by atoms with Crippen LogP contribution < -0.4 is 4.90 Å². The fraction of sp³-hybridized carbons (Fsp3) is 0.500. The molecule has 0 fully saturated rings. The van der Waals surface area contributed by atoms with Crippen molar-refractivity contribution in [3.8, 4) is 12.1 Å². The minimum atomic E-state index is 0.409. The highest BCUT2D eigenvalue weighted by Crippen LogP contribution is 2.05. The highest BCUT2D eigenvalue weighted by atomic mass is 15.3. The maximum absolute atomic E-state index is 8.45. The first kappa shape index (κ1) is 10.0. The Bertz CT molecular complexity index is 312. The summed E-state index contributed by atoms with van der Waals surface area (Å²) in [6, 6.07) is 4.10. The molecule has 1 heterocycles. The standard InChI is InChI=1S/C8H10N6/c9-3-1-5-14(6-2-4-10)8-11-7-12-13-8/h7H,1-2,5-6H2,(H,11,12,13). The number of aromatic amines is 1.